The number of aromatic nitrogens is 1. The Morgan fingerprint density at radius 1 is 1.10 bits per heavy atom. The first-order valence-electron chi connectivity index (χ1n) is 11.4. The summed E-state index contributed by atoms with van der Waals surface area (Å²) >= 11 is 0. The molecule has 1 aromatic heterocycles. The number of carbonyl (C=O) groups excluding carboxylic acids is 1. The largest absolute Gasteiger partial charge is 0.437 e. The van der Waals surface area contributed by atoms with Crippen molar-refractivity contribution in [3.05, 3.63) is 47.4 Å². The lowest BCUT2D eigenvalue weighted by molar-refractivity contribution is -0.142. The minimum absolute atomic E-state index is 0.0263. The molecule has 1 aliphatic heterocycles. The molecule has 40 heavy (non-hydrogen) atoms. The van der Waals surface area contributed by atoms with Crippen molar-refractivity contribution in [3.63, 3.8) is 0 Å². The van der Waals surface area contributed by atoms with Gasteiger partial charge in [-0.2, -0.15) is 17.6 Å². The van der Waals surface area contributed by atoms with E-state index < -0.39 is 83.1 Å². The van der Waals surface area contributed by atoms with Crippen LogP contribution in [-0.2, 0) is 26.0 Å². The number of halogens is 7. The van der Waals surface area contributed by atoms with Crippen LogP contribution in [0, 0.1) is 11.7 Å². The van der Waals surface area contributed by atoms with Gasteiger partial charge < -0.3 is 9.64 Å². The number of ether oxygens (including phenoxy) is 1. The third-order valence-corrected chi connectivity index (χ3v) is 8.77. The Morgan fingerprint density at radius 2 is 1.73 bits per heavy atom. The van der Waals surface area contributed by atoms with Gasteiger partial charge in [0.05, 0.1) is 16.2 Å². The molecule has 1 unspecified atom stereocenters. The second-order valence-corrected chi connectivity index (χ2v) is 12.5. The zero-order chi connectivity index (χ0) is 30.0. The predicted octanol–water partition coefficient (Wildman–Crippen LogP) is 3.54. The van der Waals surface area contributed by atoms with Gasteiger partial charge in [0.1, 0.15) is 16.3 Å². The summed E-state index contributed by atoms with van der Waals surface area (Å²) < 4.78 is 144. The maximum atomic E-state index is 14.3. The fraction of sp³-hybridized carbons (Fsp3) is 0.455. The first-order valence-corrected chi connectivity index (χ1v) is 14.6. The number of rotatable bonds is 9. The number of benzene rings is 1. The van der Waals surface area contributed by atoms with Gasteiger partial charge in [0, 0.05) is 19.3 Å². The van der Waals surface area contributed by atoms with Crippen molar-refractivity contribution in [1.29, 1.82) is 0 Å². The summed E-state index contributed by atoms with van der Waals surface area (Å²) in [6, 6.07) is 2.48. The molecule has 2 N–H and O–H groups in total. The summed E-state index contributed by atoms with van der Waals surface area (Å²) in [5.74, 6) is -4.36. The van der Waals surface area contributed by atoms with Gasteiger partial charge in [0.25, 0.3) is 12.3 Å². The van der Waals surface area contributed by atoms with E-state index in [0.717, 1.165) is 12.1 Å². The van der Waals surface area contributed by atoms with E-state index in [1.165, 1.54) is 4.90 Å². The van der Waals surface area contributed by atoms with Crippen LogP contribution in [-0.4, -0.2) is 64.3 Å². The van der Waals surface area contributed by atoms with Gasteiger partial charge in [-0.15, -0.1) is 0 Å². The summed E-state index contributed by atoms with van der Waals surface area (Å²) in [4.78, 5) is 15.8. The Hall–Kier alpha value is -2.99. The zero-order valence-corrected chi connectivity index (χ0v) is 21.9. The monoisotopic (exact) mass is 621 g/mol. The quantitative estimate of drug-likeness (QED) is 0.423. The number of sulfonamides is 1. The average molecular weight is 622 g/mol. The number of pyridine rings is 1. The van der Waals surface area contributed by atoms with Crippen molar-refractivity contribution >= 4 is 25.8 Å². The number of sulfone groups is 1. The Labute approximate surface area is 224 Å². The summed E-state index contributed by atoms with van der Waals surface area (Å²) in [6.07, 6.45) is -11.1. The first-order chi connectivity index (χ1) is 18.4. The standard InChI is InChI=1S/C22H22F7N3O6S2/c23-16-10-14(40(30,36)37)1-2-17(16)39(34,35)8-5-12-3-6-32(7-4-12)21(33)13-9-15(22(27,28)29)20(31-11-13)38-19(26)18(24)25/h1-2,9-12,18-19H,3-8H2,(H2,30,36,37). The highest BCUT2D eigenvalue weighted by atomic mass is 32.2. The molecule has 0 bridgehead atoms. The van der Waals surface area contributed by atoms with E-state index >= 15 is 0 Å². The summed E-state index contributed by atoms with van der Waals surface area (Å²) in [6.45, 7) is 0.0526. The van der Waals surface area contributed by atoms with Crippen molar-refractivity contribution in [2.45, 2.75) is 48.0 Å². The van der Waals surface area contributed by atoms with Gasteiger partial charge in [0.15, 0.2) is 9.84 Å². The molecule has 1 aromatic carbocycles. The summed E-state index contributed by atoms with van der Waals surface area (Å²) in [5, 5.41) is 4.90. The van der Waals surface area contributed by atoms with E-state index in [-0.39, 0.29) is 38.3 Å². The van der Waals surface area contributed by atoms with E-state index in [9.17, 15) is 52.4 Å². The molecule has 1 amide bonds. The maximum Gasteiger partial charge on any atom is 0.421 e. The van der Waals surface area contributed by atoms with Gasteiger partial charge in [-0.1, -0.05) is 0 Å². The molecule has 18 heteroatoms. The zero-order valence-electron chi connectivity index (χ0n) is 20.2. The second kappa shape index (κ2) is 11.9. The number of nitrogens with two attached hydrogens (primary N) is 1. The van der Waals surface area contributed by atoms with E-state index in [1.54, 1.807) is 0 Å². The van der Waals surface area contributed by atoms with Crippen molar-refractivity contribution in [1.82, 2.24) is 9.88 Å². The lowest BCUT2D eigenvalue weighted by Crippen LogP contribution is -2.39. The van der Waals surface area contributed by atoms with Gasteiger partial charge >= 0.3 is 12.6 Å². The van der Waals surface area contributed by atoms with Crippen molar-refractivity contribution < 1.29 is 57.1 Å². The minimum atomic E-state index is -5.20. The topological polar surface area (TPSA) is 137 Å². The third kappa shape index (κ3) is 7.60. The average Bonchev–Trinajstić information content (AvgIpc) is 2.86. The van der Waals surface area contributed by atoms with Crippen LogP contribution in [0.1, 0.15) is 35.2 Å². The lowest BCUT2D eigenvalue weighted by atomic mass is 9.94. The van der Waals surface area contributed by atoms with Crippen LogP contribution >= 0.6 is 0 Å². The minimum Gasteiger partial charge on any atom is -0.437 e. The molecule has 1 atom stereocenters. The normalized spacial score (nSPS) is 16.3. The van der Waals surface area contributed by atoms with Crippen LogP contribution < -0.4 is 9.88 Å². The SMILES string of the molecule is NS(=O)(=O)c1ccc(S(=O)(=O)CCC2CCN(C(=O)c3cnc(OC(F)C(F)F)c(C(F)(F)F)c3)CC2)c(F)c1. The first kappa shape index (κ1) is 31.5. The molecule has 9 nitrogen and oxygen atoms in total. The number of primary sulfonamides is 1. The number of carbonyl (C=O) groups is 1. The fourth-order valence-corrected chi connectivity index (χ4v) is 5.99. The smallest absolute Gasteiger partial charge is 0.421 e. The fourth-order valence-electron chi connectivity index (χ4n) is 3.97. The molecule has 0 radical (unpaired) electrons. The molecule has 3 rings (SSSR count). The van der Waals surface area contributed by atoms with Crippen molar-refractivity contribution in [2.24, 2.45) is 11.1 Å². The Kier molecular flexibility index (Phi) is 9.35. The number of amides is 1. The van der Waals surface area contributed by atoms with Crippen LogP contribution in [0.4, 0.5) is 30.7 Å². The number of nitrogens with zero attached hydrogens (tertiary/aromatic N) is 2. The summed E-state index contributed by atoms with van der Waals surface area (Å²) in [7, 11) is -8.40. The number of hydrogen-bond donors (Lipinski definition) is 1. The molecule has 0 aliphatic carbocycles. The molecule has 1 saturated heterocycles. The Balaban J connectivity index is 1.64. The van der Waals surface area contributed by atoms with Gasteiger partial charge in [-0.05, 0) is 49.4 Å². The van der Waals surface area contributed by atoms with Gasteiger partial charge in [0.2, 0.25) is 15.9 Å². The number of piperidine rings is 1. The Morgan fingerprint density at radius 3 is 2.25 bits per heavy atom. The molecule has 0 saturated carbocycles. The maximum absolute atomic E-state index is 14.3. The molecule has 222 valence electrons. The van der Waals surface area contributed by atoms with E-state index in [2.05, 4.69) is 9.72 Å². The van der Waals surface area contributed by atoms with E-state index in [1.807, 2.05) is 0 Å². The molecule has 1 aliphatic rings. The van der Waals surface area contributed by atoms with Crippen LogP contribution in [0.3, 0.4) is 0 Å². The molecule has 2 heterocycles. The molecule has 1 fully saturated rings. The van der Waals surface area contributed by atoms with Crippen molar-refractivity contribution in [3.8, 4) is 5.88 Å². The van der Waals surface area contributed by atoms with Crippen LogP contribution in [0.2, 0.25) is 0 Å². The number of alkyl halides is 6. The number of hydrogen-bond acceptors (Lipinski definition) is 7. The number of likely N-dealkylation sites (tertiary alicyclic amines) is 1. The molecule has 2 aromatic rings. The predicted molar refractivity (Wildman–Crippen MR) is 124 cm³/mol. The highest BCUT2D eigenvalue weighted by Gasteiger charge is 2.38. The van der Waals surface area contributed by atoms with Crippen LogP contribution in [0.15, 0.2) is 40.3 Å². The lowest BCUT2D eigenvalue weighted by Gasteiger charge is -2.32. The highest BCUT2D eigenvalue weighted by Crippen LogP contribution is 2.37. The van der Waals surface area contributed by atoms with Crippen molar-refractivity contribution in [2.75, 3.05) is 18.8 Å². The van der Waals surface area contributed by atoms with E-state index in [0.29, 0.717) is 18.3 Å². The highest BCUT2D eigenvalue weighted by molar-refractivity contribution is 7.91. The van der Waals surface area contributed by atoms with Crippen LogP contribution in [0.25, 0.3) is 0 Å². The van der Waals surface area contributed by atoms with E-state index in [4.69, 9.17) is 5.14 Å². The van der Waals surface area contributed by atoms with Gasteiger partial charge in [-0.3, -0.25) is 4.79 Å². The summed E-state index contributed by atoms with van der Waals surface area (Å²) in [5.41, 5.74) is -2.27. The molecular weight excluding hydrogens is 599 g/mol. The molecule has 0 spiro atoms. The molecular formula is C22H22F7N3O6S2. The van der Waals surface area contributed by atoms with Gasteiger partial charge in [-0.25, -0.2) is 40.1 Å². The second-order valence-electron chi connectivity index (χ2n) is 8.86. The Bertz CT molecular complexity index is 1460. The van der Waals surface area contributed by atoms with Crippen LogP contribution in [0.5, 0.6) is 5.88 Å². The third-order valence-electron chi connectivity index (χ3n) is 6.09.